The van der Waals surface area contributed by atoms with Crippen molar-refractivity contribution in [3.63, 3.8) is 0 Å². The maximum Gasteiger partial charge on any atom is 0.270 e. The lowest BCUT2D eigenvalue weighted by atomic mass is 10.2. The molecule has 0 unspecified atom stereocenters. The van der Waals surface area contributed by atoms with Crippen molar-refractivity contribution < 1.29 is 9.72 Å². The highest BCUT2D eigenvalue weighted by molar-refractivity contribution is 9.10. The van der Waals surface area contributed by atoms with Crippen LogP contribution in [0.2, 0.25) is 0 Å². The number of pyridine rings is 1. The zero-order valence-electron chi connectivity index (χ0n) is 10.5. The number of rotatable bonds is 4. The summed E-state index contributed by atoms with van der Waals surface area (Å²) in [6.45, 7) is 0. The average Bonchev–Trinajstić information content (AvgIpc) is 2.49. The Labute approximate surface area is 127 Å². The molecule has 0 aliphatic rings. The minimum atomic E-state index is -0.515. The van der Waals surface area contributed by atoms with Gasteiger partial charge < -0.3 is 10.7 Å². The van der Waals surface area contributed by atoms with Gasteiger partial charge in [-0.2, -0.15) is 0 Å². The summed E-state index contributed by atoms with van der Waals surface area (Å²) in [7, 11) is 0. The normalized spacial score (nSPS) is 10.0. The van der Waals surface area contributed by atoms with E-state index in [1.165, 1.54) is 24.4 Å². The third-order valence-corrected chi connectivity index (χ3v) is 3.24. The van der Waals surface area contributed by atoms with E-state index in [4.69, 9.17) is 5.84 Å². The van der Waals surface area contributed by atoms with E-state index in [0.29, 0.717) is 21.5 Å². The van der Waals surface area contributed by atoms with Crippen molar-refractivity contribution in [2.24, 2.45) is 5.84 Å². The quantitative estimate of drug-likeness (QED) is 0.441. The molecule has 9 heteroatoms. The molecule has 108 valence electrons. The number of nitrogens with zero attached hydrogens (tertiary/aromatic N) is 2. The highest BCUT2D eigenvalue weighted by Gasteiger charge is 2.12. The van der Waals surface area contributed by atoms with Crippen molar-refractivity contribution >= 4 is 39.0 Å². The number of anilines is 2. The molecular formula is C12H10BrN5O3. The fourth-order valence-corrected chi connectivity index (χ4v) is 1.99. The number of nitro benzene ring substituents is 1. The Kier molecular flexibility index (Phi) is 4.45. The van der Waals surface area contributed by atoms with Crippen LogP contribution in [0.4, 0.5) is 17.2 Å². The summed E-state index contributed by atoms with van der Waals surface area (Å²) in [5, 5.41) is 13.3. The Morgan fingerprint density at radius 2 is 2.10 bits per heavy atom. The largest absolute Gasteiger partial charge is 0.321 e. The van der Waals surface area contributed by atoms with E-state index in [-0.39, 0.29) is 11.6 Å². The Bertz CT molecular complexity index is 690. The molecule has 1 aromatic carbocycles. The molecule has 1 aromatic heterocycles. The number of nitrogen functional groups attached to an aromatic ring is 1. The molecule has 0 aliphatic carbocycles. The zero-order valence-corrected chi connectivity index (χ0v) is 12.1. The first-order valence-electron chi connectivity index (χ1n) is 5.69. The van der Waals surface area contributed by atoms with Crippen molar-refractivity contribution in [3.8, 4) is 0 Å². The van der Waals surface area contributed by atoms with Gasteiger partial charge in [-0.3, -0.25) is 14.9 Å². The summed E-state index contributed by atoms with van der Waals surface area (Å²) in [4.78, 5) is 26.1. The number of nitrogens with one attached hydrogen (secondary N) is 2. The maximum atomic E-state index is 12.0. The van der Waals surface area contributed by atoms with Gasteiger partial charge in [0.25, 0.3) is 11.6 Å². The molecular weight excluding hydrogens is 342 g/mol. The number of non-ortho nitro benzene ring substituents is 1. The number of nitro groups is 1. The van der Waals surface area contributed by atoms with Crippen molar-refractivity contribution in [3.05, 3.63) is 56.7 Å². The summed E-state index contributed by atoms with van der Waals surface area (Å²) in [5.74, 6) is 5.23. The Hall–Kier alpha value is -2.52. The first-order valence-corrected chi connectivity index (χ1v) is 6.48. The number of carbonyl (C=O) groups is 1. The number of aromatic nitrogens is 1. The van der Waals surface area contributed by atoms with Crippen molar-refractivity contribution in [1.82, 2.24) is 4.98 Å². The Balaban J connectivity index is 2.17. The van der Waals surface area contributed by atoms with Gasteiger partial charge in [0.15, 0.2) is 0 Å². The summed E-state index contributed by atoms with van der Waals surface area (Å²) < 4.78 is 0.415. The molecule has 21 heavy (non-hydrogen) atoms. The van der Waals surface area contributed by atoms with Crippen LogP contribution in [0.3, 0.4) is 0 Å². The van der Waals surface area contributed by atoms with Gasteiger partial charge in [-0.1, -0.05) is 0 Å². The van der Waals surface area contributed by atoms with Gasteiger partial charge >= 0.3 is 0 Å². The smallest absolute Gasteiger partial charge is 0.270 e. The van der Waals surface area contributed by atoms with E-state index >= 15 is 0 Å². The highest BCUT2D eigenvalue weighted by atomic mass is 79.9. The standard InChI is InChI=1S/C12H10BrN5O3/c13-9-5-8(18(20)21)2-3-10(9)16-12(19)7-1-4-11(17-14)15-6-7/h1-6H,14H2,(H,15,17)(H,16,19). The lowest BCUT2D eigenvalue weighted by Crippen LogP contribution is -2.14. The van der Waals surface area contributed by atoms with Gasteiger partial charge in [0.2, 0.25) is 0 Å². The van der Waals surface area contributed by atoms with Crippen molar-refractivity contribution in [1.29, 1.82) is 0 Å². The summed E-state index contributed by atoms with van der Waals surface area (Å²) in [6.07, 6.45) is 1.36. The van der Waals surface area contributed by atoms with Crippen LogP contribution in [0.1, 0.15) is 10.4 Å². The molecule has 0 aliphatic heterocycles. The minimum Gasteiger partial charge on any atom is -0.321 e. The number of hydrogen-bond acceptors (Lipinski definition) is 6. The molecule has 0 saturated heterocycles. The average molecular weight is 352 g/mol. The second-order valence-electron chi connectivity index (χ2n) is 3.95. The Morgan fingerprint density at radius 3 is 2.62 bits per heavy atom. The topological polar surface area (TPSA) is 123 Å². The van der Waals surface area contributed by atoms with Crippen LogP contribution in [0.25, 0.3) is 0 Å². The van der Waals surface area contributed by atoms with Gasteiger partial charge in [0, 0.05) is 22.8 Å². The molecule has 0 atom stereocenters. The minimum absolute atomic E-state index is 0.0695. The monoisotopic (exact) mass is 351 g/mol. The number of hydrogen-bond donors (Lipinski definition) is 3. The first-order chi connectivity index (χ1) is 10.0. The SMILES string of the molecule is NNc1ccc(C(=O)Nc2ccc([N+](=O)[O-])cc2Br)cn1. The molecule has 0 bridgehead atoms. The number of carbonyl (C=O) groups excluding carboxylic acids is 1. The third kappa shape index (κ3) is 3.52. The molecule has 0 fully saturated rings. The van der Waals surface area contributed by atoms with Crippen molar-refractivity contribution in [2.75, 3.05) is 10.7 Å². The molecule has 8 nitrogen and oxygen atoms in total. The molecule has 0 radical (unpaired) electrons. The van der Waals surface area contributed by atoms with Gasteiger partial charge in [-0.25, -0.2) is 10.8 Å². The molecule has 2 rings (SSSR count). The summed E-state index contributed by atoms with van der Waals surface area (Å²) in [6, 6.07) is 7.18. The zero-order chi connectivity index (χ0) is 15.4. The van der Waals surface area contributed by atoms with Crippen LogP contribution in [0.15, 0.2) is 41.0 Å². The first kappa shape index (κ1) is 14.9. The number of amides is 1. The Morgan fingerprint density at radius 1 is 1.33 bits per heavy atom. The summed E-state index contributed by atoms with van der Waals surface area (Å²) >= 11 is 3.18. The highest BCUT2D eigenvalue weighted by Crippen LogP contribution is 2.27. The molecule has 0 saturated carbocycles. The lowest BCUT2D eigenvalue weighted by Gasteiger charge is -2.07. The molecule has 0 spiro atoms. The van der Waals surface area contributed by atoms with Crippen LogP contribution < -0.4 is 16.6 Å². The lowest BCUT2D eigenvalue weighted by molar-refractivity contribution is -0.384. The van der Waals surface area contributed by atoms with E-state index in [0.717, 1.165) is 0 Å². The van der Waals surface area contributed by atoms with E-state index in [2.05, 4.69) is 31.7 Å². The van der Waals surface area contributed by atoms with Crippen LogP contribution in [0.5, 0.6) is 0 Å². The van der Waals surface area contributed by atoms with Gasteiger partial charge in [-0.05, 0) is 34.1 Å². The second kappa shape index (κ2) is 6.29. The van der Waals surface area contributed by atoms with Crippen molar-refractivity contribution in [2.45, 2.75) is 0 Å². The fourth-order valence-electron chi connectivity index (χ4n) is 1.53. The number of benzene rings is 1. The number of nitrogens with two attached hydrogens (primary N) is 1. The molecule has 2 aromatic rings. The fraction of sp³-hybridized carbons (Fsp3) is 0. The van der Waals surface area contributed by atoms with Crippen LogP contribution >= 0.6 is 15.9 Å². The van der Waals surface area contributed by atoms with Crippen LogP contribution in [-0.2, 0) is 0 Å². The van der Waals surface area contributed by atoms with E-state index in [9.17, 15) is 14.9 Å². The van der Waals surface area contributed by atoms with Gasteiger partial charge in [-0.15, -0.1) is 0 Å². The van der Waals surface area contributed by atoms with Crippen LogP contribution in [-0.4, -0.2) is 15.8 Å². The predicted octanol–water partition coefficient (Wildman–Crippen LogP) is 2.29. The molecule has 1 amide bonds. The van der Waals surface area contributed by atoms with E-state index in [1.807, 2.05) is 0 Å². The van der Waals surface area contributed by atoms with Crippen LogP contribution in [0, 0.1) is 10.1 Å². The third-order valence-electron chi connectivity index (χ3n) is 2.59. The number of hydrazine groups is 1. The van der Waals surface area contributed by atoms with Gasteiger partial charge in [0.1, 0.15) is 5.82 Å². The van der Waals surface area contributed by atoms with E-state index < -0.39 is 4.92 Å². The summed E-state index contributed by atoms with van der Waals surface area (Å²) in [5.41, 5.74) is 3.04. The number of halogens is 1. The van der Waals surface area contributed by atoms with E-state index in [1.54, 1.807) is 12.1 Å². The van der Waals surface area contributed by atoms with Gasteiger partial charge in [0.05, 0.1) is 16.2 Å². The second-order valence-corrected chi connectivity index (χ2v) is 4.81. The molecule has 4 N–H and O–H groups in total. The molecule has 1 heterocycles. The predicted molar refractivity (Wildman–Crippen MR) is 80.8 cm³/mol. The maximum absolute atomic E-state index is 12.0.